The van der Waals surface area contributed by atoms with Crippen molar-refractivity contribution in [3.63, 3.8) is 0 Å². The minimum Gasteiger partial charge on any atom is -0.477 e. The molecule has 0 aliphatic rings. The first-order chi connectivity index (χ1) is 8.97. The third kappa shape index (κ3) is 3.08. The van der Waals surface area contributed by atoms with E-state index in [9.17, 15) is 9.18 Å². The van der Waals surface area contributed by atoms with Crippen molar-refractivity contribution in [1.82, 2.24) is 4.98 Å². The van der Waals surface area contributed by atoms with Gasteiger partial charge in [-0.25, -0.2) is 14.2 Å². The summed E-state index contributed by atoms with van der Waals surface area (Å²) in [7, 11) is 0. The number of aromatic nitrogens is 1. The first-order valence-electron chi connectivity index (χ1n) is 5.31. The van der Waals surface area contributed by atoms with E-state index in [1.165, 1.54) is 18.2 Å². The molecule has 0 aliphatic carbocycles. The molecule has 0 aliphatic heterocycles. The van der Waals surface area contributed by atoms with Crippen LogP contribution in [0.2, 0.25) is 0 Å². The van der Waals surface area contributed by atoms with Gasteiger partial charge in [-0.3, -0.25) is 0 Å². The van der Waals surface area contributed by atoms with E-state index in [1.807, 2.05) is 0 Å². The molecule has 98 valence electrons. The molecule has 0 fully saturated rings. The average Bonchev–Trinajstić information content (AvgIpc) is 2.32. The van der Waals surface area contributed by atoms with Crippen LogP contribution in [-0.4, -0.2) is 16.1 Å². The van der Waals surface area contributed by atoms with Crippen LogP contribution in [0.1, 0.15) is 16.1 Å². The maximum atomic E-state index is 13.6. The number of aryl methyl sites for hydroxylation is 1. The standard InChI is InChI=1S/C13H9BrFNO3/c1-7-2-4-9(13(17)18)12(16-7)19-11-5-3-8(14)6-10(11)15/h2-6H,1H3,(H,17,18). The second kappa shape index (κ2) is 5.36. The van der Waals surface area contributed by atoms with Gasteiger partial charge in [-0.2, -0.15) is 0 Å². The van der Waals surface area contributed by atoms with Gasteiger partial charge in [-0.1, -0.05) is 15.9 Å². The molecule has 2 aromatic rings. The number of aromatic carboxylic acids is 1. The summed E-state index contributed by atoms with van der Waals surface area (Å²) in [5.74, 6) is -1.99. The van der Waals surface area contributed by atoms with E-state index >= 15 is 0 Å². The maximum Gasteiger partial charge on any atom is 0.341 e. The quantitative estimate of drug-likeness (QED) is 0.932. The Balaban J connectivity index is 2.42. The molecule has 0 bridgehead atoms. The number of ether oxygens (including phenoxy) is 1. The van der Waals surface area contributed by atoms with E-state index in [-0.39, 0.29) is 17.2 Å². The van der Waals surface area contributed by atoms with E-state index in [1.54, 1.807) is 19.1 Å². The van der Waals surface area contributed by atoms with Crippen molar-refractivity contribution in [3.05, 3.63) is 51.9 Å². The zero-order valence-corrected chi connectivity index (χ0v) is 11.4. The molecule has 0 saturated carbocycles. The fourth-order valence-electron chi connectivity index (χ4n) is 1.44. The summed E-state index contributed by atoms with van der Waals surface area (Å²) >= 11 is 3.13. The number of pyridine rings is 1. The van der Waals surface area contributed by atoms with Crippen LogP contribution in [0.3, 0.4) is 0 Å². The van der Waals surface area contributed by atoms with Gasteiger partial charge in [0.05, 0.1) is 0 Å². The number of carboxylic acids is 1. The van der Waals surface area contributed by atoms with Crippen LogP contribution < -0.4 is 4.74 Å². The minimum atomic E-state index is -1.18. The molecule has 2 rings (SSSR count). The Labute approximate surface area is 117 Å². The summed E-state index contributed by atoms with van der Waals surface area (Å²) < 4.78 is 19.5. The maximum absolute atomic E-state index is 13.6. The molecule has 0 unspecified atom stereocenters. The third-order valence-corrected chi connectivity index (χ3v) is 2.82. The molecule has 0 saturated heterocycles. The van der Waals surface area contributed by atoms with Crippen LogP contribution in [-0.2, 0) is 0 Å². The third-order valence-electron chi connectivity index (χ3n) is 2.33. The van der Waals surface area contributed by atoms with E-state index in [2.05, 4.69) is 20.9 Å². The molecule has 0 atom stereocenters. The van der Waals surface area contributed by atoms with Crippen molar-refractivity contribution in [3.8, 4) is 11.6 Å². The first-order valence-corrected chi connectivity index (χ1v) is 6.10. The van der Waals surface area contributed by atoms with Crippen molar-refractivity contribution >= 4 is 21.9 Å². The SMILES string of the molecule is Cc1ccc(C(=O)O)c(Oc2ccc(Br)cc2F)n1. The first kappa shape index (κ1) is 13.5. The summed E-state index contributed by atoms with van der Waals surface area (Å²) in [5.41, 5.74) is 0.463. The van der Waals surface area contributed by atoms with E-state index in [0.29, 0.717) is 10.2 Å². The largest absolute Gasteiger partial charge is 0.477 e. The van der Waals surface area contributed by atoms with Crippen LogP contribution in [0.4, 0.5) is 4.39 Å². The minimum absolute atomic E-state index is 0.0798. The number of benzene rings is 1. The molecule has 6 heteroatoms. The van der Waals surface area contributed by atoms with Crippen molar-refractivity contribution in [2.75, 3.05) is 0 Å². The number of nitrogens with zero attached hydrogens (tertiary/aromatic N) is 1. The Morgan fingerprint density at radius 2 is 2.11 bits per heavy atom. The zero-order valence-electron chi connectivity index (χ0n) is 9.85. The zero-order chi connectivity index (χ0) is 14.0. The van der Waals surface area contributed by atoms with Crippen molar-refractivity contribution < 1.29 is 19.0 Å². The Morgan fingerprint density at radius 3 is 2.74 bits per heavy atom. The van der Waals surface area contributed by atoms with Crippen LogP contribution in [0.25, 0.3) is 0 Å². The smallest absolute Gasteiger partial charge is 0.341 e. The number of rotatable bonds is 3. The number of carbonyl (C=O) groups is 1. The number of carboxylic acid groups (broad SMARTS) is 1. The molecular formula is C13H9BrFNO3. The van der Waals surface area contributed by atoms with Crippen LogP contribution in [0.15, 0.2) is 34.8 Å². The molecule has 1 aromatic heterocycles. The van der Waals surface area contributed by atoms with Crippen molar-refractivity contribution in [1.29, 1.82) is 0 Å². The van der Waals surface area contributed by atoms with Gasteiger partial charge in [0.25, 0.3) is 0 Å². The molecule has 0 radical (unpaired) electrons. The van der Waals surface area contributed by atoms with Crippen LogP contribution in [0.5, 0.6) is 11.6 Å². The summed E-state index contributed by atoms with van der Waals surface area (Å²) in [6, 6.07) is 7.14. The van der Waals surface area contributed by atoms with Gasteiger partial charge in [0.1, 0.15) is 5.56 Å². The highest BCUT2D eigenvalue weighted by Gasteiger charge is 2.15. The molecule has 19 heavy (non-hydrogen) atoms. The Hall–Kier alpha value is -1.95. The fourth-order valence-corrected chi connectivity index (χ4v) is 1.77. The van der Waals surface area contributed by atoms with Crippen LogP contribution >= 0.6 is 15.9 Å². The van der Waals surface area contributed by atoms with Crippen LogP contribution in [0, 0.1) is 12.7 Å². The monoisotopic (exact) mass is 325 g/mol. The Bertz CT molecular complexity index is 646. The topological polar surface area (TPSA) is 59.4 Å². The summed E-state index contributed by atoms with van der Waals surface area (Å²) in [4.78, 5) is 15.0. The molecular weight excluding hydrogens is 317 g/mol. The van der Waals surface area contributed by atoms with Gasteiger partial charge in [-0.05, 0) is 37.3 Å². The van der Waals surface area contributed by atoms with Gasteiger partial charge < -0.3 is 9.84 Å². The van der Waals surface area contributed by atoms with Gasteiger partial charge in [0, 0.05) is 10.2 Å². The molecule has 0 amide bonds. The van der Waals surface area contributed by atoms with Gasteiger partial charge in [-0.15, -0.1) is 0 Å². The lowest BCUT2D eigenvalue weighted by molar-refractivity contribution is 0.0693. The second-order valence-electron chi connectivity index (χ2n) is 3.79. The highest BCUT2D eigenvalue weighted by atomic mass is 79.9. The molecule has 1 N–H and O–H groups in total. The second-order valence-corrected chi connectivity index (χ2v) is 4.70. The van der Waals surface area contributed by atoms with E-state index in [0.717, 1.165) is 0 Å². The molecule has 4 nitrogen and oxygen atoms in total. The summed E-state index contributed by atoms with van der Waals surface area (Å²) in [6.45, 7) is 1.69. The lowest BCUT2D eigenvalue weighted by Gasteiger charge is -2.09. The lowest BCUT2D eigenvalue weighted by atomic mass is 10.2. The van der Waals surface area contributed by atoms with Gasteiger partial charge >= 0.3 is 5.97 Å². The predicted molar refractivity (Wildman–Crippen MR) is 70.1 cm³/mol. The Morgan fingerprint density at radius 1 is 1.37 bits per heavy atom. The summed E-state index contributed by atoms with van der Waals surface area (Å²) in [5, 5.41) is 9.03. The van der Waals surface area contributed by atoms with E-state index < -0.39 is 11.8 Å². The normalized spacial score (nSPS) is 10.3. The highest BCUT2D eigenvalue weighted by molar-refractivity contribution is 9.10. The number of halogens is 2. The van der Waals surface area contributed by atoms with Crippen molar-refractivity contribution in [2.45, 2.75) is 6.92 Å². The lowest BCUT2D eigenvalue weighted by Crippen LogP contribution is -2.03. The molecule has 1 aromatic carbocycles. The fraction of sp³-hybridized carbons (Fsp3) is 0.0769. The van der Waals surface area contributed by atoms with E-state index in [4.69, 9.17) is 9.84 Å². The average molecular weight is 326 g/mol. The number of hydrogen-bond acceptors (Lipinski definition) is 3. The number of hydrogen-bond donors (Lipinski definition) is 1. The summed E-state index contributed by atoms with van der Waals surface area (Å²) in [6.07, 6.45) is 0. The molecule has 0 spiro atoms. The highest BCUT2D eigenvalue weighted by Crippen LogP contribution is 2.28. The van der Waals surface area contributed by atoms with Crippen molar-refractivity contribution in [2.24, 2.45) is 0 Å². The molecule has 1 heterocycles. The van der Waals surface area contributed by atoms with Gasteiger partial charge in [0.15, 0.2) is 11.6 Å². The Kier molecular flexibility index (Phi) is 3.80. The van der Waals surface area contributed by atoms with Gasteiger partial charge in [0.2, 0.25) is 5.88 Å². The predicted octanol–water partition coefficient (Wildman–Crippen LogP) is 3.78.